The molecule has 0 unspecified atom stereocenters. The number of carbonyl (C=O) groups is 1. The number of amides is 1. The number of nitriles is 1. The Morgan fingerprint density at radius 2 is 2.19 bits per heavy atom. The Balaban J connectivity index is 1.42. The van der Waals surface area contributed by atoms with Crippen LogP contribution in [0, 0.1) is 18.3 Å². The Morgan fingerprint density at radius 1 is 1.38 bits per heavy atom. The molecule has 0 spiro atoms. The van der Waals surface area contributed by atoms with Gasteiger partial charge in [-0.2, -0.15) is 15.5 Å². The summed E-state index contributed by atoms with van der Waals surface area (Å²) in [4.78, 5) is 14.2. The number of carbonyl (C=O) groups excluding carboxylic acids is 1. The van der Waals surface area contributed by atoms with E-state index < -0.39 is 0 Å². The van der Waals surface area contributed by atoms with Gasteiger partial charge in [-0.1, -0.05) is 29.3 Å². The van der Waals surface area contributed by atoms with Crippen molar-refractivity contribution in [3.63, 3.8) is 0 Å². The molecule has 4 N–H and O–H groups in total. The summed E-state index contributed by atoms with van der Waals surface area (Å²) in [5.74, 6) is 0.0485. The number of anilines is 1. The minimum Gasteiger partial charge on any atom is -0.381 e. The van der Waals surface area contributed by atoms with Crippen molar-refractivity contribution in [2.45, 2.75) is 26.3 Å². The van der Waals surface area contributed by atoms with Gasteiger partial charge in [0.2, 0.25) is 0 Å². The standard InChI is InChI=1S/C21H19Cl2N7OS/c1-11-14-8-18(20(31)26-6-2-3-17-15(9-24)19(25)28-27-17)32-21(14)30(29-11)10-12-4-5-13(22)7-16(12)23/h4-5,7-8H,2-3,6,10H2,1H3,(H,26,31)(H3,25,27,28). The van der Waals surface area contributed by atoms with Crippen LogP contribution in [0.15, 0.2) is 24.3 Å². The summed E-state index contributed by atoms with van der Waals surface area (Å²) in [5.41, 5.74) is 8.43. The lowest BCUT2D eigenvalue weighted by molar-refractivity contribution is 0.0957. The molecular weight excluding hydrogens is 469 g/mol. The number of halogens is 2. The van der Waals surface area contributed by atoms with Crippen molar-refractivity contribution in [1.29, 1.82) is 5.26 Å². The Kier molecular flexibility index (Phi) is 6.37. The van der Waals surface area contributed by atoms with Crippen molar-refractivity contribution >= 4 is 56.5 Å². The average molecular weight is 488 g/mol. The highest BCUT2D eigenvalue weighted by Crippen LogP contribution is 2.30. The molecule has 0 saturated carbocycles. The number of nitrogens with two attached hydrogens (primary N) is 1. The normalized spacial score (nSPS) is 11.1. The van der Waals surface area contributed by atoms with Gasteiger partial charge in [0.05, 0.1) is 22.8 Å². The Bertz CT molecular complexity index is 1350. The number of thiophene rings is 1. The van der Waals surface area contributed by atoms with Crippen LogP contribution in [0.4, 0.5) is 5.82 Å². The highest BCUT2D eigenvalue weighted by Gasteiger charge is 2.17. The van der Waals surface area contributed by atoms with Gasteiger partial charge in [0.25, 0.3) is 5.91 Å². The van der Waals surface area contributed by atoms with Gasteiger partial charge < -0.3 is 11.1 Å². The third kappa shape index (κ3) is 4.43. The number of fused-ring (bicyclic) bond motifs is 1. The number of aryl methyl sites for hydroxylation is 2. The lowest BCUT2D eigenvalue weighted by Crippen LogP contribution is -2.24. The Labute approximate surface area is 197 Å². The summed E-state index contributed by atoms with van der Waals surface area (Å²) >= 11 is 13.7. The van der Waals surface area contributed by atoms with E-state index in [1.54, 1.807) is 12.1 Å². The summed E-state index contributed by atoms with van der Waals surface area (Å²) in [6.07, 6.45) is 1.21. The van der Waals surface area contributed by atoms with Crippen molar-refractivity contribution in [2.75, 3.05) is 12.3 Å². The lowest BCUT2D eigenvalue weighted by Gasteiger charge is -2.06. The van der Waals surface area contributed by atoms with E-state index in [9.17, 15) is 4.79 Å². The van der Waals surface area contributed by atoms with E-state index in [1.807, 2.05) is 29.8 Å². The van der Waals surface area contributed by atoms with Crippen molar-refractivity contribution in [2.24, 2.45) is 0 Å². The summed E-state index contributed by atoms with van der Waals surface area (Å²) < 4.78 is 1.85. The number of nitrogen functional groups attached to an aromatic ring is 1. The fraction of sp³-hybridized carbons (Fsp3) is 0.238. The molecule has 0 aliphatic heterocycles. The van der Waals surface area contributed by atoms with Gasteiger partial charge in [0.1, 0.15) is 16.5 Å². The van der Waals surface area contributed by atoms with Gasteiger partial charge in [-0.3, -0.25) is 14.6 Å². The molecule has 0 saturated heterocycles. The van der Waals surface area contributed by atoms with Crippen LogP contribution in [0.3, 0.4) is 0 Å². The van der Waals surface area contributed by atoms with Crippen molar-refractivity contribution in [1.82, 2.24) is 25.3 Å². The van der Waals surface area contributed by atoms with Crippen LogP contribution < -0.4 is 11.1 Å². The molecule has 1 amide bonds. The number of rotatable bonds is 7. The first-order valence-corrected chi connectivity index (χ1v) is 11.4. The second kappa shape index (κ2) is 9.20. The van der Waals surface area contributed by atoms with Crippen LogP contribution in [0.2, 0.25) is 10.0 Å². The van der Waals surface area contributed by atoms with Gasteiger partial charge in [-0.15, -0.1) is 11.3 Å². The minimum absolute atomic E-state index is 0.147. The fourth-order valence-corrected chi connectivity index (χ4v) is 4.94. The number of hydrogen-bond donors (Lipinski definition) is 3. The maximum absolute atomic E-state index is 12.7. The number of aromatic amines is 1. The molecule has 0 aliphatic rings. The second-order valence-corrected chi connectivity index (χ2v) is 9.12. The van der Waals surface area contributed by atoms with Crippen molar-refractivity contribution in [3.05, 3.63) is 61.7 Å². The maximum atomic E-state index is 12.7. The van der Waals surface area contributed by atoms with E-state index in [0.717, 1.165) is 21.5 Å². The van der Waals surface area contributed by atoms with Gasteiger partial charge in [-0.25, -0.2) is 0 Å². The highest BCUT2D eigenvalue weighted by molar-refractivity contribution is 7.20. The Hall–Kier alpha value is -3.06. The van der Waals surface area contributed by atoms with E-state index in [1.165, 1.54) is 11.3 Å². The number of hydrogen-bond acceptors (Lipinski definition) is 6. The molecule has 3 heterocycles. The molecule has 0 aliphatic carbocycles. The predicted octanol–water partition coefficient (Wildman–Crippen LogP) is 4.30. The molecule has 32 heavy (non-hydrogen) atoms. The van der Waals surface area contributed by atoms with Crippen LogP contribution >= 0.6 is 34.5 Å². The summed E-state index contributed by atoms with van der Waals surface area (Å²) in [6, 6.07) is 9.27. The van der Waals surface area contributed by atoms with Crippen molar-refractivity contribution in [3.8, 4) is 6.07 Å². The van der Waals surface area contributed by atoms with Gasteiger partial charge >= 0.3 is 0 Å². The molecule has 11 heteroatoms. The molecule has 4 aromatic rings. The van der Waals surface area contributed by atoms with E-state index in [-0.39, 0.29) is 11.7 Å². The van der Waals surface area contributed by atoms with E-state index in [2.05, 4.69) is 20.6 Å². The zero-order valence-corrected chi connectivity index (χ0v) is 19.4. The first-order chi connectivity index (χ1) is 15.4. The number of aromatic nitrogens is 4. The van der Waals surface area contributed by atoms with E-state index >= 15 is 0 Å². The number of benzene rings is 1. The van der Waals surface area contributed by atoms with Crippen LogP contribution in [0.25, 0.3) is 10.2 Å². The third-order valence-corrected chi connectivity index (χ3v) is 6.77. The third-order valence-electron chi connectivity index (χ3n) is 5.04. The zero-order valence-electron chi connectivity index (χ0n) is 17.1. The maximum Gasteiger partial charge on any atom is 0.261 e. The molecule has 0 radical (unpaired) electrons. The molecule has 8 nitrogen and oxygen atoms in total. The highest BCUT2D eigenvalue weighted by atomic mass is 35.5. The van der Waals surface area contributed by atoms with Gasteiger partial charge in [0.15, 0.2) is 5.82 Å². The molecule has 3 aromatic heterocycles. The SMILES string of the molecule is Cc1nn(Cc2ccc(Cl)cc2Cl)c2sc(C(=O)NCCCc3[nH]nc(N)c3C#N)cc12. The molecule has 164 valence electrons. The van der Waals surface area contributed by atoms with Crippen LogP contribution in [0.5, 0.6) is 0 Å². The zero-order chi connectivity index (χ0) is 22.8. The largest absolute Gasteiger partial charge is 0.381 e. The molecule has 0 bridgehead atoms. The number of H-pyrrole nitrogens is 1. The number of nitrogens with zero attached hydrogens (tertiary/aromatic N) is 4. The van der Waals surface area contributed by atoms with E-state index in [4.69, 9.17) is 34.2 Å². The van der Waals surface area contributed by atoms with Crippen LogP contribution in [-0.4, -0.2) is 32.4 Å². The smallest absolute Gasteiger partial charge is 0.261 e. The fourth-order valence-electron chi connectivity index (χ4n) is 3.40. The predicted molar refractivity (Wildman–Crippen MR) is 126 cm³/mol. The Morgan fingerprint density at radius 3 is 2.94 bits per heavy atom. The molecule has 0 fully saturated rings. The lowest BCUT2D eigenvalue weighted by atomic mass is 10.1. The first-order valence-electron chi connectivity index (χ1n) is 9.79. The van der Waals surface area contributed by atoms with Crippen LogP contribution in [0.1, 0.15) is 38.6 Å². The first kappa shape index (κ1) is 22.1. The summed E-state index contributed by atoms with van der Waals surface area (Å²) in [7, 11) is 0. The monoisotopic (exact) mass is 487 g/mol. The van der Waals surface area contributed by atoms with Gasteiger partial charge in [0, 0.05) is 22.0 Å². The van der Waals surface area contributed by atoms with Gasteiger partial charge in [-0.05, 0) is 43.5 Å². The minimum atomic E-state index is -0.147. The molecular formula is C21H19Cl2N7OS. The molecule has 0 atom stereocenters. The average Bonchev–Trinajstić information content (AvgIpc) is 3.43. The molecule has 1 aromatic carbocycles. The second-order valence-electron chi connectivity index (χ2n) is 7.24. The van der Waals surface area contributed by atoms with Crippen LogP contribution in [-0.2, 0) is 13.0 Å². The number of nitrogens with one attached hydrogen (secondary N) is 2. The summed E-state index contributed by atoms with van der Waals surface area (Å²) in [5, 5.41) is 25.3. The topological polar surface area (TPSA) is 125 Å². The quantitative estimate of drug-likeness (QED) is 0.335. The van der Waals surface area contributed by atoms with Crippen molar-refractivity contribution < 1.29 is 4.79 Å². The molecule has 4 rings (SSSR count). The summed E-state index contributed by atoms with van der Waals surface area (Å²) in [6.45, 7) is 2.86. The van der Waals surface area contributed by atoms with E-state index in [0.29, 0.717) is 52.1 Å².